The minimum atomic E-state index is -0.656. The van der Waals surface area contributed by atoms with Crippen molar-refractivity contribution >= 4 is 33.4 Å². The third-order valence-corrected chi connectivity index (χ3v) is 4.06. The van der Waals surface area contributed by atoms with E-state index in [9.17, 15) is 10.1 Å². The number of benzene rings is 2. The first-order chi connectivity index (χ1) is 10.6. The number of amides is 1. The van der Waals surface area contributed by atoms with Crippen molar-refractivity contribution in [2.24, 2.45) is 0 Å². The molecule has 0 unspecified atom stereocenters. The van der Waals surface area contributed by atoms with Gasteiger partial charge in [0, 0.05) is 15.9 Å². The number of nitriles is 1. The van der Waals surface area contributed by atoms with Gasteiger partial charge in [0.1, 0.15) is 6.04 Å². The fourth-order valence-corrected chi connectivity index (χ4v) is 2.71. The minimum absolute atomic E-state index is 0.175. The quantitative estimate of drug-likeness (QED) is 0.839. The maximum absolute atomic E-state index is 12.0. The number of aryl methyl sites for hydroxylation is 1. The van der Waals surface area contributed by atoms with Crippen molar-refractivity contribution in [1.82, 2.24) is 5.32 Å². The third-order valence-electron chi connectivity index (χ3n) is 3.20. The maximum Gasteiger partial charge on any atom is 0.221 e. The van der Waals surface area contributed by atoms with Crippen molar-refractivity contribution in [2.45, 2.75) is 18.9 Å². The summed E-state index contributed by atoms with van der Waals surface area (Å²) in [5.41, 5.74) is 1.68. The summed E-state index contributed by atoms with van der Waals surface area (Å²) >= 11 is 9.42. The van der Waals surface area contributed by atoms with Gasteiger partial charge in [-0.1, -0.05) is 57.9 Å². The predicted octanol–water partition coefficient (Wildman–Crippen LogP) is 4.42. The van der Waals surface area contributed by atoms with Gasteiger partial charge in [-0.15, -0.1) is 0 Å². The topological polar surface area (TPSA) is 52.9 Å². The van der Waals surface area contributed by atoms with Crippen LogP contribution < -0.4 is 5.32 Å². The number of halogens is 2. The largest absolute Gasteiger partial charge is 0.337 e. The van der Waals surface area contributed by atoms with Crippen LogP contribution in [0.25, 0.3) is 0 Å². The Morgan fingerprint density at radius 2 is 2.05 bits per heavy atom. The number of hydrogen-bond acceptors (Lipinski definition) is 2. The van der Waals surface area contributed by atoms with E-state index in [4.69, 9.17) is 11.6 Å². The molecule has 0 aliphatic heterocycles. The van der Waals surface area contributed by atoms with E-state index in [-0.39, 0.29) is 12.3 Å². The van der Waals surface area contributed by atoms with Gasteiger partial charge < -0.3 is 5.32 Å². The summed E-state index contributed by atoms with van der Waals surface area (Å²) < 4.78 is 0.871. The first-order valence-electron chi connectivity index (χ1n) is 6.78. The molecule has 0 fully saturated rings. The van der Waals surface area contributed by atoms with E-state index in [0.29, 0.717) is 11.4 Å². The third kappa shape index (κ3) is 4.59. The van der Waals surface area contributed by atoms with Gasteiger partial charge in [0.05, 0.1) is 6.07 Å². The molecule has 3 nitrogen and oxygen atoms in total. The molecule has 0 aliphatic carbocycles. The van der Waals surface area contributed by atoms with Gasteiger partial charge in [-0.05, 0) is 35.7 Å². The van der Waals surface area contributed by atoms with Crippen LogP contribution in [0, 0.1) is 11.3 Å². The number of carbonyl (C=O) groups is 1. The van der Waals surface area contributed by atoms with Gasteiger partial charge in [-0.2, -0.15) is 5.26 Å². The molecule has 1 N–H and O–H groups in total. The highest BCUT2D eigenvalue weighted by atomic mass is 79.9. The normalized spacial score (nSPS) is 11.5. The molecular formula is C17H14BrClN2O. The molecule has 0 aliphatic rings. The Labute approximate surface area is 143 Å². The summed E-state index contributed by atoms with van der Waals surface area (Å²) in [5, 5.41) is 12.6. The molecule has 5 heteroatoms. The van der Waals surface area contributed by atoms with E-state index in [1.807, 2.05) is 42.5 Å². The van der Waals surface area contributed by atoms with E-state index in [1.165, 1.54) is 0 Å². The second kappa shape index (κ2) is 7.98. The Morgan fingerprint density at radius 1 is 1.27 bits per heavy atom. The smallest absolute Gasteiger partial charge is 0.221 e. The lowest BCUT2D eigenvalue weighted by atomic mass is 10.1. The Balaban J connectivity index is 1.96. The molecule has 0 spiro atoms. The van der Waals surface area contributed by atoms with Crippen molar-refractivity contribution in [1.29, 1.82) is 5.26 Å². The highest BCUT2D eigenvalue weighted by molar-refractivity contribution is 9.10. The number of rotatable bonds is 5. The van der Waals surface area contributed by atoms with Crippen LogP contribution in [0.3, 0.4) is 0 Å². The summed E-state index contributed by atoms with van der Waals surface area (Å²) in [7, 11) is 0. The molecular weight excluding hydrogens is 364 g/mol. The van der Waals surface area contributed by atoms with E-state index < -0.39 is 6.04 Å². The zero-order valence-electron chi connectivity index (χ0n) is 11.7. The maximum atomic E-state index is 12.0. The summed E-state index contributed by atoms with van der Waals surface area (Å²) in [6, 6.07) is 16.2. The van der Waals surface area contributed by atoms with E-state index >= 15 is 0 Å². The van der Waals surface area contributed by atoms with Crippen LogP contribution in [0.4, 0.5) is 0 Å². The molecule has 0 saturated heterocycles. The first kappa shape index (κ1) is 16.5. The standard InChI is InChI=1S/C17H14BrClN2O/c18-14-6-3-5-13(10-14)16(11-20)21-17(22)9-8-12-4-1-2-7-15(12)19/h1-7,10,16H,8-9H2,(H,21,22)/t16-/m1/s1. The first-order valence-corrected chi connectivity index (χ1v) is 7.95. The van der Waals surface area contributed by atoms with E-state index in [1.54, 1.807) is 6.07 Å². The Bertz CT molecular complexity index is 712. The van der Waals surface area contributed by atoms with Crippen LogP contribution in [-0.4, -0.2) is 5.91 Å². The lowest BCUT2D eigenvalue weighted by Gasteiger charge is -2.12. The Morgan fingerprint density at radius 3 is 2.73 bits per heavy atom. The fraction of sp³-hybridized carbons (Fsp3) is 0.176. The molecule has 2 rings (SSSR count). The average molecular weight is 378 g/mol. The Hall–Kier alpha value is -1.83. The monoisotopic (exact) mass is 376 g/mol. The zero-order chi connectivity index (χ0) is 15.9. The molecule has 0 heterocycles. The minimum Gasteiger partial charge on any atom is -0.337 e. The van der Waals surface area contributed by atoms with Gasteiger partial charge in [-0.25, -0.2) is 0 Å². The predicted molar refractivity (Wildman–Crippen MR) is 90.4 cm³/mol. The molecule has 1 atom stereocenters. The Kier molecular flexibility index (Phi) is 6.00. The molecule has 112 valence electrons. The van der Waals surface area contributed by atoms with E-state index in [0.717, 1.165) is 15.6 Å². The molecule has 1 amide bonds. The fourth-order valence-electron chi connectivity index (χ4n) is 2.06. The van der Waals surface area contributed by atoms with Crippen molar-refractivity contribution in [3.05, 3.63) is 69.2 Å². The SMILES string of the molecule is N#C[C@@H](NC(=O)CCc1ccccc1Cl)c1cccc(Br)c1. The van der Waals surface area contributed by atoms with Crippen molar-refractivity contribution in [2.75, 3.05) is 0 Å². The van der Waals surface area contributed by atoms with Gasteiger partial charge >= 0.3 is 0 Å². The van der Waals surface area contributed by atoms with Crippen molar-refractivity contribution < 1.29 is 4.79 Å². The molecule has 0 saturated carbocycles. The van der Waals surface area contributed by atoms with Crippen molar-refractivity contribution in [3.63, 3.8) is 0 Å². The summed E-state index contributed by atoms with van der Waals surface area (Å²) in [5.74, 6) is -0.175. The van der Waals surface area contributed by atoms with Gasteiger partial charge in [-0.3, -0.25) is 4.79 Å². The van der Waals surface area contributed by atoms with Crippen LogP contribution in [-0.2, 0) is 11.2 Å². The molecule has 22 heavy (non-hydrogen) atoms. The number of hydrogen-bond donors (Lipinski definition) is 1. The zero-order valence-corrected chi connectivity index (χ0v) is 14.1. The lowest BCUT2D eigenvalue weighted by molar-refractivity contribution is -0.121. The van der Waals surface area contributed by atoms with Crippen molar-refractivity contribution in [3.8, 4) is 6.07 Å². The lowest BCUT2D eigenvalue weighted by Crippen LogP contribution is -2.27. The van der Waals surface area contributed by atoms with Crippen LogP contribution in [0.1, 0.15) is 23.6 Å². The number of nitrogens with one attached hydrogen (secondary N) is 1. The highest BCUT2D eigenvalue weighted by Crippen LogP contribution is 2.19. The average Bonchev–Trinajstić information content (AvgIpc) is 2.52. The molecule has 2 aromatic rings. The summed E-state index contributed by atoms with van der Waals surface area (Å²) in [6.45, 7) is 0. The summed E-state index contributed by atoms with van der Waals surface area (Å²) in [4.78, 5) is 12.0. The molecule has 0 radical (unpaired) electrons. The number of carbonyl (C=O) groups excluding carboxylic acids is 1. The van der Waals surface area contributed by atoms with Crippen LogP contribution in [0.15, 0.2) is 53.0 Å². The second-order valence-corrected chi connectivity index (χ2v) is 6.10. The van der Waals surface area contributed by atoms with E-state index in [2.05, 4.69) is 27.3 Å². The van der Waals surface area contributed by atoms with Crippen LogP contribution in [0.2, 0.25) is 5.02 Å². The molecule has 2 aromatic carbocycles. The van der Waals surface area contributed by atoms with Gasteiger partial charge in [0.15, 0.2) is 0 Å². The van der Waals surface area contributed by atoms with Gasteiger partial charge in [0.25, 0.3) is 0 Å². The van der Waals surface area contributed by atoms with Gasteiger partial charge in [0.2, 0.25) is 5.91 Å². The van der Waals surface area contributed by atoms with Crippen LogP contribution in [0.5, 0.6) is 0 Å². The van der Waals surface area contributed by atoms with Crippen LogP contribution >= 0.6 is 27.5 Å². The number of nitrogens with zero attached hydrogens (tertiary/aromatic N) is 1. The second-order valence-electron chi connectivity index (χ2n) is 4.78. The molecule has 0 bridgehead atoms. The highest BCUT2D eigenvalue weighted by Gasteiger charge is 2.14. The summed E-state index contributed by atoms with van der Waals surface area (Å²) in [6.07, 6.45) is 0.831. The molecule has 0 aromatic heterocycles.